The second-order valence-electron chi connectivity index (χ2n) is 11.8. The molecule has 1 aliphatic heterocycles. The van der Waals surface area contributed by atoms with E-state index in [0.717, 1.165) is 75.6 Å². The SMILES string of the molecule is NC1CCC(Nc2nc(NN3CCC(Cc4ccccc4C(F)(F)F)CC3)c3ncn(C4CCCC4)c3n2)CC1. The van der Waals surface area contributed by atoms with Gasteiger partial charge in [-0.2, -0.15) is 23.1 Å². The van der Waals surface area contributed by atoms with Gasteiger partial charge in [-0.15, -0.1) is 0 Å². The van der Waals surface area contributed by atoms with Gasteiger partial charge in [0.2, 0.25) is 5.95 Å². The van der Waals surface area contributed by atoms with Gasteiger partial charge in [0.25, 0.3) is 0 Å². The smallest absolute Gasteiger partial charge is 0.351 e. The molecule has 4 N–H and O–H groups in total. The number of aromatic nitrogens is 4. The summed E-state index contributed by atoms with van der Waals surface area (Å²) in [6.07, 6.45) is 8.30. The number of anilines is 2. The van der Waals surface area contributed by atoms with E-state index in [1.807, 2.05) is 6.33 Å². The van der Waals surface area contributed by atoms with Crippen LogP contribution >= 0.6 is 0 Å². The molecule has 0 radical (unpaired) electrons. The van der Waals surface area contributed by atoms with Crippen LogP contribution in [0.2, 0.25) is 0 Å². The Morgan fingerprint density at radius 3 is 2.38 bits per heavy atom. The molecule has 1 aromatic carbocycles. The molecule has 216 valence electrons. The normalized spacial score (nSPS) is 23.6. The molecule has 40 heavy (non-hydrogen) atoms. The lowest BCUT2D eigenvalue weighted by Crippen LogP contribution is -2.39. The fraction of sp³-hybridized carbons (Fsp3) is 0.621. The van der Waals surface area contributed by atoms with Crippen LogP contribution in [0.4, 0.5) is 24.9 Å². The standard InChI is InChI=1S/C29H39F3N8/c30-29(31,32)24-8-4-1-5-20(24)17-19-13-15-39(16-14-19)38-26-25-27(40(18-34-25)23-6-2-3-7-23)37-28(36-26)35-22-11-9-21(33)10-12-22/h1,4-5,8,18-19,21-23H,2-3,6-7,9-17,33H2,(H2,35,36,37,38). The maximum absolute atomic E-state index is 13.5. The fourth-order valence-electron chi connectivity index (χ4n) is 6.64. The highest BCUT2D eigenvalue weighted by atomic mass is 19.4. The molecule has 2 saturated carbocycles. The zero-order valence-corrected chi connectivity index (χ0v) is 22.8. The summed E-state index contributed by atoms with van der Waals surface area (Å²) in [7, 11) is 0. The molecule has 0 spiro atoms. The third-order valence-electron chi connectivity index (χ3n) is 8.95. The molecule has 0 unspecified atom stereocenters. The number of nitrogens with two attached hydrogens (primary N) is 1. The molecule has 0 atom stereocenters. The van der Waals surface area contributed by atoms with Crippen molar-refractivity contribution in [3.8, 4) is 0 Å². The Bertz CT molecular complexity index is 1290. The molecule has 3 aromatic rings. The number of piperidine rings is 1. The summed E-state index contributed by atoms with van der Waals surface area (Å²) in [5, 5.41) is 5.68. The zero-order valence-electron chi connectivity index (χ0n) is 22.8. The van der Waals surface area contributed by atoms with Crippen molar-refractivity contribution in [2.75, 3.05) is 23.8 Å². The van der Waals surface area contributed by atoms with Crippen molar-refractivity contribution in [2.24, 2.45) is 11.7 Å². The van der Waals surface area contributed by atoms with Gasteiger partial charge in [-0.1, -0.05) is 31.0 Å². The van der Waals surface area contributed by atoms with Gasteiger partial charge in [-0.3, -0.25) is 0 Å². The highest BCUT2D eigenvalue weighted by molar-refractivity contribution is 5.84. The number of benzene rings is 1. The first-order chi connectivity index (χ1) is 19.3. The highest BCUT2D eigenvalue weighted by Crippen LogP contribution is 2.35. The van der Waals surface area contributed by atoms with E-state index in [0.29, 0.717) is 35.8 Å². The summed E-state index contributed by atoms with van der Waals surface area (Å²) < 4.78 is 42.7. The third-order valence-corrected chi connectivity index (χ3v) is 8.95. The first kappa shape index (κ1) is 27.3. The van der Waals surface area contributed by atoms with E-state index in [2.05, 4.69) is 20.3 Å². The fourth-order valence-corrected chi connectivity index (χ4v) is 6.64. The number of halogens is 3. The molecule has 3 fully saturated rings. The number of imidazole rings is 1. The number of hydrogen-bond acceptors (Lipinski definition) is 7. The average Bonchev–Trinajstić information content (AvgIpc) is 3.61. The number of nitrogens with zero attached hydrogens (tertiary/aromatic N) is 5. The Morgan fingerprint density at radius 1 is 0.925 bits per heavy atom. The van der Waals surface area contributed by atoms with E-state index >= 15 is 0 Å². The molecule has 0 bridgehead atoms. The Morgan fingerprint density at radius 2 is 1.65 bits per heavy atom. The van der Waals surface area contributed by atoms with Crippen molar-refractivity contribution < 1.29 is 13.2 Å². The second-order valence-corrected chi connectivity index (χ2v) is 11.8. The number of fused-ring (bicyclic) bond motifs is 1. The van der Waals surface area contributed by atoms with Gasteiger partial charge >= 0.3 is 6.18 Å². The first-order valence-electron chi connectivity index (χ1n) is 14.8. The Balaban J connectivity index is 1.17. The number of nitrogens with one attached hydrogen (secondary N) is 2. The molecule has 3 heterocycles. The van der Waals surface area contributed by atoms with Gasteiger partial charge in [-0.05, 0) is 75.3 Å². The van der Waals surface area contributed by atoms with Gasteiger partial charge in [-0.25, -0.2) is 9.99 Å². The van der Waals surface area contributed by atoms with Crippen molar-refractivity contribution >= 4 is 22.9 Å². The van der Waals surface area contributed by atoms with E-state index < -0.39 is 11.7 Å². The van der Waals surface area contributed by atoms with E-state index in [1.54, 1.807) is 12.1 Å². The maximum atomic E-state index is 13.5. The van der Waals surface area contributed by atoms with Crippen molar-refractivity contribution in [1.82, 2.24) is 24.5 Å². The molecule has 11 heteroatoms. The molecule has 0 amide bonds. The van der Waals surface area contributed by atoms with E-state index in [1.165, 1.54) is 25.0 Å². The van der Waals surface area contributed by atoms with Gasteiger partial charge in [0.1, 0.15) is 0 Å². The average molecular weight is 557 g/mol. The minimum absolute atomic E-state index is 0.198. The molecular weight excluding hydrogens is 517 g/mol. The van der Waals surface area contributed by atoms with Crippen LogP contribution in [-0.2, 0) is 12.6 Å². The topological polar surface area (TPSA) is 96.9 Å². The molecule has 3 aliphatic rings. The molecule has 6 rings (SSSR count). The van der Waals surface area contributed by atoms with Crippen LogP contribution in [-0.4, -0.2) is 49.7 Å². The van der Waals surface area contributed by atoms with Crippen molar-refractivity contribution in [3.05, 3.63) is 41.7 Å². The first-order valence-corrected chi connectivity index (χ1v) is 14.8. The van der Waals surface area contributed by atoms with Gasteiger partial charge in [0, 0.05) is 31.2 Å². The number of rotatable bonds is 7. The summed E-state index contributed by atoms with van der Waals surface area (Å²) in [4.78, 5) is 14.5. The minimum Gasteiger partial charge on any atom is -0.351 e. The third kappa shape index (κ3) is 6.05. The summed E-state index contributed by atoms with van der Waals surface area (Å²) in [6, 6.07) is 6.92. The summed E-state index contributed by atoms with van der Waals surface area (Å²) in [6.45, 7) is 1.44. The van der Waals surface area contributed by atoms with Crippen LogP contribution in [0.3, 0.4) is 0 Å². The zero-order chi connectivity index (χ0) is 27.7. The Kier molecular flexibility index (Phi) is 7.85. The minimum atomic E-state index is -4.32. The van der Waals surface area contributed by atoms with Crippen LogP contribution in [0.1, 0.15) is 81.4 Å². The van der Waals surface area contributed by atoms with E-state index in [-0.39, 0.29) is 12.0 Å². The van der Waals surface area contributed by atoms with Crippen LogP contribution in [0, 0.1) is 5.92 Å². The van der Waals surface area contributed by atoms with Crippen LogP contribution in [0.5, 0.6) is 0 Å². The van der Waals surface area contributed by atoms with Gasteiger partial charge in [0.05, 0.1) is 11.9 Å². The predicted molar refractivity (Wildman–Crippen MR) is 150 cm³/mol. The van der Waals surface area contributed by atoms with Gasteiger partial charge < -0.3 is 21.0 Å². The maximum Gasteiger partial charge on any atom is 0.416 e. The van der Waals surface area contributed by atoms with E-state index in [9.17, 15) is 13.2 Å². The predicted octanol–water partition coefficient (Wildman–Crippen LogP) is 5.92. The quantitative estimate of drug-likeness (QED) is 0.332. The Labute approximate surface area is 232 Å². The van der Waals surface area contributed by atoms with Crippen LogP contribution in [0.15, 0.2) is 30.6 Å². The Hall–Kier alpha value is -2.92. The van der Waals surface area contributed by atoms with Gasteiger partial charge in [0.15, 0.2) is 17.0 Å². The molecular formula is C29H39F3N8. The lowest BCUT2D eigenvalue weighted by atomic mass is 9.88. The number of hydrogen-bond donors (Lipinski definition) is 3. The molecule has 8 nitrogen and oxygen atoms in total. The molecule has 2 aromatic heterocycles. The highest BCUT2D eigenvalue weighted by Gasteiger charge is 2.34. The number of hydrazine groups is 1. The molecule has 2 aliphatic carbocycles. The second kappa shape index (κ2) is 11.5. The summed E-state index contributed by atoms with van der Waals surface area (Å²) in [5.74, 6) is 1.48. The lowest BCUT2D eigenvalue weighted by Gasteiger charge is -2.33. The largest absolute Gasteiger partial charge is 0.416 e. The lowest BCUT2D eigenvalue weighted by molar-refractivity contribution is -0.138. The van der Waals surface area contributed by atoms with Crippen LogP contribution < -0.4 is 16.5 Å². The van der Waals surface area contributed by atoms with E-state index in [4.69, 9.17) is 20.7 Å². The monoisotopic (exact) mass is 556 g/mol. The summed E-state index contributed by atoms with van der Waals surface area (Å²) in [5.41, 5.74) is 11.1. The number of alkyl halides is 3. The van der Waals surface area contributed by atoms with Crippen LogP contribution in [0.25, 0.3) is 11.2 Å². The van der Waals surface area contributed by atoms with Crippen molar-refractivity contribution in [3.63, 3.8) is 0 Å². The van der Waals surface area contributed by atoms with Crippen molar-refractivity contribution in [1.29, 1.82) is 0 Å². The molecule has 1 saturated heterocycles. The summed E-state index contributed by atoms with van der Waals surface area (Å²) >= 11 is 0. The van der Waals surface area contributed by atoms with Crippen molar-refractivity contribution in [2.45, 2.75) is 94.9 Å².